The van der Waals surface area contributed by atoms with Crippen LogP contribution in [0, 0.1) is 6.92 Å². The summed E-state index contributed by atoms with van der Waals surface area (Å²) in [6, 6.07) is 10.4. The number of hydrogen-bond donors (Lipinski definition) is 0. The van der Waals surface area contributed by atoms with Crippen LogP contribution in [0.3, 0.4) is 0 Å². The summed E-state index contributed by atoms with van der Waals surface area (Å²) in [4.78, 5) is 15.5. The quantitative estimate of drug-likeness (QED) is 0.814. The number of amides is 1. The maximum Gasteiger partial charge on any atom is 0.257 e. The van der Waals surface area contributed by atoms with Crippen molar-refractivity contribution in [1.29, 1.82) is 0 Å². The van der Waals surface area contributed by atoms with Crippen LogP contribution in [0.15, 0.2) is 36.5 Å². The van der Waals surface area contributed by atoms with E-state index in [-0.39, 0.29) is 17.6 Å². The fourth-order valence-electron chi connectivity index (χ4n) is 4.15. The van der Waals surface area contributed by atoms with Crippen LogP contribution in [-0.4, -0.2) is 52.5 Å². The molecule has 4 rings (SSSR count). The van der Waals surface area contributed by atoms with E-state index in [1.54, 1.807) is 6.20 Å². The molecule has 2 aliphatic heterocycles. The highest BCUT2D eigenvalue weighted by Crippen LogP contribution is 2.32. The molecule has 1 aromatic carbocycles. The van der Waals surface area contributed by atoms with Gasteiger partial charge in [-0.25, -0.2) is 0 Å². The molecule has 1 atom stereocenters. The number of morpholine rings is 1. The van der Waals surface area contributed by atoms with E-state index in [1.807, 2.05) is 34.7 Å². The van der Waals surface area contributed by atoms with Crippen molar-refractivity contribution in [2.45, 2.75) is 51.3 Å². The van der Waals surface area contributed by atoms with Crippen molar-refractivity contribution >= 4 is 5.91 Å². The molecule has 0 N–H and O–H groups in total. The van der Waals surface area contributed by atoms with Gasteiger partial charge in [-0.1, -0.05) is 30.3 Å². The lowest BCUT2D eigenvalue weighted by Gasteiger charge is -2.45. The normalized spacial score (nSPS) is 23.0. The predicted molar refractivity (Wildman–Crippen MR) is 106 cm³/mol. The summed E-state index contributed by atoms with van der Waals surface area (Å²) in [5.41, 5.74) is 2.37. The Hall–Kier alpha value is -2.18. The number of nitrogens with zero attached hydrogens (tertiary/aromatic N) is 3. The molecule has 0 spiro atoms. The van der Waals surface area contributed by atoms with Gasteiger partial charge in [-0.05, 0) is 39.2 Å². The molecular weight excluding hydrogens is 354 g/mol. The van der Waals surface area contributed by atoms with E-state index in [4.69, 9.17) is 9.47 Å². The van der Waals surface area contributed by atoms with Crippen LogP contribution in [0.4, 0.5) is 0 Å². The van der Waals surface area contributed by atoms with Gasteiger partial charge in [-0.2, -0.15) is 5.10 Å². The Bertz CT molecular complexity index is 825. The number of carbonyl (C=O) groups excluding carboxylic acids is 1. The van der Waals surface area contributed by atoms with Gasteiger partial charge in [0, 0.05) is 18.9 Å². The van der Waals surface area contributed by atoms with Crippen molar-refractivity contribution in [3.63, 3.8) is 0 Å². The third-order valence-electron chi connectivity index (χ3n) is 5.95. The van der Waals surface area contributed by atoms with Crippen LogP contribution in [0.2, 0.25) is 0 Å². The SMILES string of the molecule is Cc1c(C(=O)N2CC(c3ccccc3)OCC2(C)C)cnn1C1CCOCC1. The molecule has 2 saturated heterocycles. The van der Waals surface area contributed by atoms with Gasteiger partial charge in [0.2, 0.25) is 0 Å². The first-order valence-corrected chi connectivity index (χ1v) is 10.1. The molecular formula is C22H29N3O3. The van der Waals surface area contributed by atoms with Gasteiger partial charge in [-0.15, -0.1) is 0 Å². The Balaban J connectivity index is 1.58. The molecule has 0 saturated carbocycles. The fraction of sp³-hybridized carbons (Fsp3) is 0.545. The van der Waals surface area contributed by atoms with Crippen molar-refractivity contribution < 1.29 is 14.3 Å². The molecule has 28 heavy (non-hydrogen) atoms. The van der Waals surface area contributed by atoms with E-state index in [0.717, 1.165) is 37.3 Å². The van der Waals surface area contributed by atoms with Gasteiger partial charge in [0.1, 0.15) is 6.10 Å². The van der Waals surface area contributed by atoms with Gasteiger partial charge >= 0.3 is 0 Å². The zero-order valence-electron chi connectivity index (χ0n) is 16.9. The second-order valence-corrected chi connectivity index (χ2v) is 8.37. The van der Waals surface area contributed by atoms with Gasteiger partial charge in [-0.3, -0.25) is 9.48 Å². The Morgan fingerprint density at radius 3 is 2.61 bits per heavy atom. The summed E-state index contributed by atoms with van der Waals surface area (Å²) in [5, 5.41) is 4.56. The maximum absolute atomic E-state index is 13.5. The predicted octanol–water partition coefficient (Wildman–Crippen LogP) is 3.54. The van der Waals surface area contributed by atoms with Crippen LogP contribution >= 0.6 is 0 Å². The zero-order valence-corrected chi connectivity index (χ0v) is 16.9. The molecule has 6 heteroatoms. The largest absolute Gasteiger partial charge is 0.381 e. The van der Waals surface area contributed by atoms with Crippen LogP contribution in [0.1, 0.15) is 60.5 Å². The molecule has 2 aliphatic rings. The molecule has 1 unspecified atom stereocenters. The molecule has 1 aromatic heterocycles. The minimum atomic E-state index is -0.365. The number of carbonyl (C=O) groups is 1. The molecule has 1 amide bonds. The molecule has 0 aliphatic carbocycles. The number of benzene rings is 1. The molecule has 3 heterocycles. The summed E-state index contributed by atoms with van der Waals surface area (Å²) in [7, 11) is 0. The van der Waals surface area contributed by atoms with Crippen molar-refractivity contribution in [3.8, 4) is 0 Å². The van der Waals surface area contributed by atoms with Gasteiger partial charge in [0.05, 0.1) is 36.5 Å². The Morgan fingerprint density at radius 1 is 1.18 bits per heavy atom. The van der Waals surface area contributed by atoms with Crippen LogP contribution in [0.25, 0.3) is 0 Å². The van der Waals surface area contributed by atoms with E-state index in [0.29, 0.717) is 24.8 Å². The lowest BCUT2D eigenvalue weighted by molar-refractivity contribution is -0.0846. The van der Waals surface area contributed by atoms with E-state index in [1.165, 1.54) is 0 Å². The average molecular weight is 383 g/mol. The second-order valence-electron chi connectivity index (χ2n) is 8.37. The van der Waals surface area contributed by atoms with Gasteiger partial charge < -0.3 is 14.4 Å². The third kappa shape index (κ3) is 3.59. The number of hydrogen-bond acceptors (Lipinski definition) is 4. The molecule has 0 radical (unpaired) electrons. The molecule has 150 valence electrons. The van der Waals surface area contributed by atoms with Crippen LogP contribution in [-0.2, 0) is 9.47 Å². The summed E-state index contributed by atoms with van der Waals surface area (Å²) in [6.07, 6.45) is 3.50. The van der Waals surface area contributed by atoms with E-state index < -0.39 is 0 Å². The highest BCUT2D eigenvalue weighted by molar-refractivity contribution is 5.95. The van der Waals surface area contributed by atoms with Crippen molar-refractivity contribution in [2.24, 2.45) is 0 Å². The first-order chi connectivity index (χ1) is 13.5. The summed E-state index contributed by atoms with van der Waals surface area (Å²) < 4.78 is 13.6. The Kier molecular flexibility index (Phi) is 5.25. The number of ether oxygens (including phenoxy) is 2. The summed E-state index contributed by atoms with van der Waals surface area (Å²) in [6.45, 7) is 8.67. The number of aromatic nitrogens is 2. The van der Waals surface area contributed by atoms with E-state index >= 15 is 0 Å². The Morgan fingerprint density at radius 2 is 1.89 bits per heavy atom. The minimum absolute atomic E-state index is 0.0324. The third-order valence-corrected chi connectivity index (χ3v) is 5.95. The topological polar surface area (TPSA) is 56.6 Å². The first kappa shape index (κ1) is 19.2. The highest BCUT2D eigenvalue weighted by atomic mass is 16.5. The molecule has 2 aromatic rings. The highest BCUT2D eigenvalue weighted by Gasteiger charge is 2.40. The minimum Gasteiger partial charge on any atom is -0.381 e. The molecule has 6 nitrogen and oxygen atoms in total. The van der Waals surface area contributed by atoms with Crippen LogP contribution in [0.5, 0.6) is 0 Å². The summed E-state index contributed by atoms with van der Waals surface area (Å²) >= 11 is 0. The van der Waals surface area contributed by atoms with Crippen LogP contribution < -0.4 is 0 Å². The Labute approximate surface area is 166 Å². The number of rotatable bonds is 3. The van der Waals surface area contributed by atoms with Crippen molar-refractivity contribution in [1.82, 2.24) is 14.7 Å². The van der Waals surface area contributed by atoms with Crippen molar-refractivity contribution in [3.05, 3.63) is 53.3 Å². The van der Waals surface area contributed by atoms with Gasteiger partial charge in [0.15, 0.2) is 0 Å². The lowest BCUT2D eigenvalue weighted by atomic mass is 9.97. The summed E-state index contributed by atoms with van der Waals surface area (Å²) in [5.74, 6) is 0.0324. The van der Waals surface area contributed by atoms with E-state index in [2.05, 4.69) is 31.1 Å². The van der Waals surface area contributed by atoms with Crippen molar-refractivity contribution in [2.75, 3.05) is 26.4 Å². The fourth-order valence-corrected chi connectivity index (χ4v) is 4.15. The smallest absolute Gasteiger partial charge is 0.257 e. The average Bonchev–Trinajstić information content (AvgIpc) is 3.10. The first-order valence-electron chi connectivity index (χ1n) is 10.1. The molecule has 0 bridgehead atoms. The lowest BCUT2D eigenvalue weighted by Crippen LogP contribution is -2.56. The standard InChI is InChI=1S/C22H29N3O3/c1-16-19(13-23-25(16)18-9-11-27-12-10-18)21(26)24-14-20(28-15-22(24,2)3)17-7-5-4-6-8-17/h4-8,13,18,20H,9-12,14-15H2,1-3H3. The monoisotopic (exact) mass is 383 g/mol. The van der Waals surface area contributed by atoms with E-state index in [9.17, 15) is 4.79 Å². The zero-order chi connectivity index (χ0) is 19.7. The maximum atomic E-state index is 13.5. The van der Waals surface area contributed by atoms with Gasteiger partial charge in [0.25, 0.3) is 5.91 Å². The molecule has 2 fully saturated rings. The second kappa shape index (κ2) is 7.68.